The molecule has 0 unspecified atom stereocenters. The molecule has 0 spiro atoms. The molecule has 0 aromatic heterocycles. The van der Waals surface area contributed by atoms with Crippen LogP contribution < -0.4 is 20.1 Å². The molecule has 2 N–H and O–H groups in total. The minimum Gasteiger partial charge on any atom is -0.497 e. The molecule has 6 nitrogen and oxygen atoms in total. The van der Waals surface area contributed by atoms with Gasteiger partial charge in [-0.15, -0.1) is 0 Å². The predicted molar refractivity (Wildman–Crippen MR) is 120 cm³/mol. The van der Waals surface area contributed by atoms with E-state index in [-0.39, 0.29) is 11.9 Å². The molecule has 1 atom stereocenters. The van der Waals surface area contributed by atoms with Crippen molar-refractivity contribution in [2.45, 2.75) is 38.8 Å². The normalized spacial score (nSPS) is 16.0. The number of methoxy groups -OCH3 is 2. The Morgan fingerprint density at radius 1 is 1.13 bits per heavy atom. The third-order valence-corrected chi connectivity index (χ3v) is 5.74. The van der Waals surface area contributed by atoms with Crippen LogP contribution in [0, 0.1) is 6.92 Å². The maximum absolute atomic E-state index is 12.6. The van der Waals surface area contributed by atoms with Crippen molar-refractivity contribution >= 4 is 11.6 Å². The molecule has 1 aliphatic heterocycles. The van der Waals surface area contributed by atoms with Crippen LogP contribution in [-0.4, -0.2) is 50.7 Å². The van der Waals surface area contributed by atoms with Gasteiger partial charge >= 0.3 is 0 Å². The first kappa shape index (κ1) is 22.0. The molecule has 162 valence electrons. The van der Waals surface area contributed by atoms with Gasteiger partial charge in [0.05, 0.1) is 26.8 Å². The number of nitrogens with one attached hydrogen (secondary N) is 2. The van der Waals surface area contributed by atoms with Crippen molar-refractivity contribution in [2.75, 3.05) is 39.2 Å². The lowest BCUT2D eigenvalue weighted by atomic mass is 10.0. The van der Waals surface area contributed by atoms with Crippen LogP contribution in [0.15, 0.2) is 42.5 Å². The molecule has 0 radical (unpaired) electrons. The summed E-state index contributed by atoms with van der Waals surface area (Å²) in [5.74, 6) is 1.51. The predicted octanol–water partition coefficient (Wildman–Crippen LogP) is 3.77. The summed E-state index contributed by atoms with van der Waals surface area (Å²) in [5.41, 5.74) is 3.38. The van der Waals surface area contributed by atoms with Crippen molar-refractivity contribution in [1.82, 2.24) is 10.2 Å². The number of aryl methyl sites for hydroxylation is 1. The fourth-order valence-corrected chi connectivity index (χ4v) is 3.94. The average Bonchev–Trinajstić information content (AvgIpc) is 2.76. The van der Waals surface area contributed by atoms with Gasteiger partial charge < -0.3 is 20.1 Å². The van der Waals surface area contributed by atoms with Crippen LogP contribution in [0.4, 0.5) is 5.69 Å². The molecule has 0 aliphatic carbocycles. The minimum absolute atomic E-state index is 0.0256. The molecule has 6 heteroatoms. The lowest BCUT2D eigenvalue weighted by molar-refractivity contribution is -0.123. The third-order valence-electron chi connectivity index (χ3n) is 5.74. The van der Waals surface area contributed by atoms with Crippen LogP contribution in [0.3, 0.4) is 0 Å². The number of amides is 1. The Balaban J connectivity index is 1.49. The number of likely N-dealkylation sites (tertiary alicyclic amines) is 1. The number of hydrogen-bond acceptors (Lipinski definition) is 5. The fraction of sp³-hybridized carbons (Fsp3) is 0.458. The SMILES string of the molecule is COc1ccc(OC)c([C@H](C)NC(=O)CN2CCC(Nc3ccccc3C)CC2)c1. The lowest BCUT2D eigenvalue weighted by Gasteiger charge is -2.33. The molecule has 0 saturated carbocycles. The number of benzene rings is 2. The summed E-state index contributed by atoms with van der Waals surface area (Å²) < 4.78 is 10.8. The van der Waals surface area contributed by atoms with Gasteiger partial charge in [0.25, 0.3) is 0 Å². The summed E-state index contributed by atoms with van der Waals surface area (Å²) in [4.78, 5) is 14.8. The number of piperidine rings is 1. The monoisotopic (exact) mass is 411 g/mol. The van der Waals surface area contributed by atoms with E-state index in [1.165, 1.54) is 11.3 Å². The highest BCUT2D eigenvalue weighted by Gasteiger charge is 2.22. The minimum atomic E-state index is -0.164. The van der Waals surface area contributed by atoms with Gasteiger partial charge in [0.1, 0.15) is 11.5 Å². The smallest absolute Gasteiger partial charge is 0.234 e. The Bertz CT molecular complexity index is 847. The van der Waals surface area contributed by atoms with Gasteiger partial charge in [-0.1, -0.05) is 18.2 Å². The van der Waals surface area contributed by atoms with Crippen molar-refractivity contribution in [1.29, 1.82) is 0 Å². The first-order chi connectivity index (χ1) is 14.5. The average molecular weight is 412 g/mol. The van der Waals surface area contributed by atoms with Gasteiger partial charge in [0.15, 0.2) is 0 Å². The van der Waals surface area contributed by atoms with Crippen molar-refractivity contribution in [3.8, 4) is 11.5 Å². The Morgan fingerprint density at radius 3 is 2.53 bits per heavy atom. The number of para-hydroxylation sites is 1. The summed E-state index contributed by atoms with van der Waals surface area (Å²) in [6.07, 6.45) is 2.06. The van der Waals surface area contributed by atoms with Gasteiger partial charge in [-0.2, -0.15) is 0 Å². The van der Waals surface area contributed by atoms with Gasteiger partial charge in [0, 0.05) is 30.4 Å². The molecular formula is C24H33N3O3. The van der Waals surface area contributed by atoms with Crippen molar-refractivity contribution in [3.05, 3.63) is 53.6 Å². The van der Waals surface area contributed by atoms with E-state index in [4.69, 9.17) is 9.47 Å². The number of rotatable bonds is 8. The van der Waals surface area contributed by atoms with Crippen LogP contribution in [0.2, 0.25) is 0 Å². The molecule has 1 fully saturated rings. The van der Waals surface area contributed by atoms with Gasteiger partial charge in [-0.25, -0.2) is 0 Å². The molecule has 3 rings (SSSR count). The highest BCUT2D eigenvalue weighted by atomic mass is 16.5. The molecule has 1 aliphatic rings. The topological polar surface area (TPSA) is 62.8 Å². The fourth-order valence-electron chi connectivity index (χ4n) is 3.94. The summed E-state index contributed by atoms with van der Waals surface area (Å²) in [6.45, 7) is 6.32. The summed E-state index contributed by atoms with van der Waals surface area (Å²) in [7, 11) is 3.27. The number of hydrogen-bond donors (Lipinski definition) is 2. The van der Waals surface area contributed by atoms with E-state index in [9.17, 15) is 4.79 Å². The van der Waals surface area contributed by atoms with E-state index in [0.29, 0.717) is 12.6 Å². The quantitative estimate of drug-likeness (QED) is 0.692. The second-order valence-electron chi connectivity index (χ2n) is 7.91. The van der Waals surface area contributed by atoms with E-state index in [1.54, 1.807) is 14.2 Å². The van der Waals surface area contributed by atoms with E-state index >= 15 is 0 Å². The number of carbonyl (C=O) groups excluding carboxylic acids is 1. The standard InChI is InChI=1S/C24H33N3O3/c1-17-7-5-6-8-22(17)26-19-11-13-27(14-12-19)16-24(28)25-18(2)21-15-20(29-3)9-10-23(21)30-4/h5-10,15,18-19,26H,11-14,16H2,1-4H3,(H,25,28)/t18-/m0/s1. The highest BCUT2D eigenvalue weighted by molar-refractivity contribution is 5.78. The van der Waals surface area contributed by atoms with Gasteiger partial charge in [-0.3, -0.25) is 9.69 Å². The molecule has 1 saturated heterocycles. The zero-order chi connectivity index (χ0) is 21.5. The highest BCUT2D eigenvalue weighted by Crippen LogP contribution is 2.29. The number of carbonyl (C=O) groups is 1. The maximum Gasteiger partial charge on any atom is 0.234 e. The lowest BCUT2D eigenvalue weighted by Crippen LogP contribution is -2.44. The Kier molecular flexibility index (Phi) is 7.57. The van der Waals surface area contributed by atoms with Gasteiger partial charge in [0.2, 0.25) is 5.91 Å². The first-order valence-electron chi connectivity index (χ1n) is 10.6. The Labute approximate surface area is 179 Å². The van der Waals surface area contributed by atoms with E-state index < -0.39 is 0 Å². The van der Waals surface area contributed by atoms with Crippen LogP contribution in [0.25, 0.3) is 0 Å². The second kappa shape index (κ2) is 10.3. The van der Waals surface area contributed by atoms with Crippen molar-refractivity contribution in [2.24, 2.45) is 0 Å². The summed E-state index contributed by atoms with van der Waals surface area (Å²) in [6, 6.07) is 14.3. The Morgan fingerprint density at radius 2 is 1.87 bits per heavy atom. The molecule has 1 heterocycles. The first-order valence-corrected chi connectivity index (χ1v) is 10.6. The van der Waals surface area contributed by atoms with Crippen molar-refractivity contribution in [3.63, 3.8) is 0 Å². The van der Waals surface area contributed by atoms with Crippen molar-refractivity contribution < 1.29 is 14.3 Å². The number of anilines is 1. The van der Waals surface area contributed by atoms with Crippen LogP contribution in [-0.2, 0) is 4.79 Å². The largest absolute Gasteiger partial charge is 0.497 e. The number of ether oxygens (including phenoxy) is 2. The zero-order valence-corrected chi connectivity index (χ0v) is 18.4. The molecule has 0 bridgehead atoms. The molecule has 30 heavy (non-hydrogen) atoms. The van der Waals surface area contributed by atoms with Crippen LogP contribution in [0.5, 0.6) is 11.5 Å². The second-order valence-corrected chi connectivity index (χ2v) is 7.91. The van der Waals surface area contributed by atoms with E-state index in [1.807, 2.05) is 25.1 Å². The van der Waals surface area contributed by atoms with Crippen LogP contribution >= 0.6 is 0 Å². The van der Waals surface area contributed by atoms with E-state index in [2.05, 4.69) is 46.7 Å². The maximum atomic E-state index is 12.6. The van der Waals surface area contributed by atoms with E-state index in [0.717, 1.165) is 43.0 Å². The third kappa shape index (κ3) is 5.66. The zero-order valence-electron chi connectivity index (χ0n) is 18.4. The molecule has 2 aromatic rings. The number of nitrogens with zero attached hydrogens (tertiary/aromatic N) is 1. The molecule has 1 amide bonds. The van der Waals surface area contributed by atoms with Crippen LogP contribution in [0.1, 0.15) is 36.9 Å². The summed E-state index contributed by atoms with van der Waals surface area (Å²) >= 11 is 0. The molecular weight excluding hydrogens is 378 g/mol. The summed E-state index contributed by atoms with van der Waals surface area (Å²) in [5, 5.41) is 6.74. The molecule has 2 aromatic carbocycles. The van der Waals surface area contributed by atoms with Gasteiger partial charge in [-0.05, 0) is 56.5 Å². The Hall–Kier alpha value is -2.73.